The van der Waals surface area contributed by atoms with Crippen LogP contribution in [0, 0.1) is 0 Å². The molecule has 0 radical (unpaired) electrons. The van der Waals surface area contributed by atoms with Crippen LogP contribution in [0.1, 0.15) is 6.92 Å². The van der Waals surface area contributed by atoms with Gasteiger partial charge < -0.3 is 20.3 Å². The quantitative estimate of drug-likeness (QED) is 0.538. The highest BCUT2D eigenvalue weighted by Crippen LogP contribution is 2.36. The van der Waals surface area contributed by atoms with Crippen molar-refractivity contribution in [1.82, 2.24) is 0 Å². The highest BCUT2D eigenvalue weighted by molar-refractivity contribution is 7.59. The number of phenolic OH excluding ortho intramolecular Hbond substituents is 2. The van der Waals surface area contributed by atoms with E-state index in [0.29, 0.717) is 12.2 Å². The number of rotatable bonds is 3. The summed E-state index contributed by atoms with van der Waals surface area (Å²) >= 11 is 0. The van der Waals surface area contributed by atoms with Gasteiger partial charge in [-0.05, 0) is 6.92 Å². The third-order valence-electron chi connectivity index (χ3n) is 1.66. The molecule has 1 aromatic carbocycles. The predicted octanol–water partition coefficient (Wildman–Crippen LogP) is 0.534. The van der Waals surface area contributed by atoms with Gasteiger partial charge in [0, 0.05) is 18.7 Å². The molecule has 0 aliphatic heterocycles. The molecule has 0 fully saturated rings. The standard InChI is InChI=1S/C9H13NO3.O3S/c1-3-10-6-4-8(12)9(13-2)5-7(6)11;1-4(2)3/h4-5,10-12H,3H2,1-2H3;. The van der Waals surface area contributed by atoms with Crippen LogP contribution in [-0.2, 0) is 10.6 Å². The maximum absolute atomic E-state index is 9.42. The molecule has 0 aliphatic rings. The van der Waals surface area contributed by atoms with Gasteiger partial charge in [-0.1, -0.05) is 0 Å². The summed E-state index contributed by atoms with van der Waals surface area (Å²) in [5.74, 6) is 0.340. The minimum absolute atomic E-state index is 0.0104. The lowest BCUT2D eigenvalue weighted by Crippen LogP contribution is -1.97. The highest BCUT2D eigenvalue weighted by atomic mass is 32.2. The molecule has 0 saturated heterocycles. The number of hydrogen-bond donors (Lipinski definition) is 3. The molecule has 17 heavy (non-hydrogen) atoms. The van der Waals surface area contributed by atoms with Crippen LogP contribution in [0.2, 0.25) is 0 Å². The van der Waals surface area contributed by atoms with E-state index in [4.69, 9.17) is 17.4 Å². The third kappa shape index (κ3) is 5.61. The van der Waals surface area contributed by atoms with Gasteiger partial charge in [-0.3, -0.25) is 0 Å². The summed E-state index contributed by atoms with van der Waals surface area (Å²) in [6.07, 6.45) is 0. The van der Waals surface area contributed by atoms with Crippen LogP contribution >= 0.6 is 0 Å². The van der Waals surface area contributed by atoms with Gasteiger partial charge in [-0.2, -0.15) is 0 Å². The van der Waals surface area contributed by atoms with Crippen LogP contribution in [0.5, 0.6) is 17.2 Å². The summed E-state index contributed by atoms with van der Waals surface area (Å²) in [7, 11) is -1.68. The predicted molar refractivity (Wildman–Crippen MR) is 60.2 cm³/mol. The Morgan fingerprint density at radius 2 is 1.76 bits per heavy atom. The van der Waals surface area contributed by atoms with Gasteiger partial charge in [0.05, 0.1) is 12.8 Å². The molecule has 0 aromatic heterocycles. The number of anilines is 1. The Bertz CT molecular complexity index is 463. The molecule has 3 N–H and O–H groups in total. The molecule has 0 unspecified atom stereocenters. The minimum atomic E-state index is -3.11. The van der Waals surface area contributed by atoms with E-state index in [2.05, 4.69) is 5.32 Å². The van der Waals surface area contributed by atoms with Crippen molar-refractivity contribution in [2.75, 3.05) is 19.0 Å². The lowest BCUT2D eigenvalue weighted by molar-refractivity contribution is 0.369. The number of ether oxygens (including phenoxy) is 1. The highest BCUT2D eigenvalue weighted by Gasteiger charge is 2.07. The number of aromatic hydroxyl groups is 2. The van der Waals surface area contributed by atoms with Crippen LogP contribution < -0.4 is 10.1 Å². The minimum Gasteiger partial charge on any atom is -0.506 e. The molecule has 7 nitrogen and oxygen atoms in total. The average molecular weight is 263 g/mol. The van der Waals surface area contributed by atoms with Crippen LogP contribution in [0.3, 0.4) is 0 Å². The van der Waals surface area contributed by atoms with E-state index in [1.807, 2.05) is 6.92 Å². The van der Waals surface area contributed by atoms with E-state index < -0.39 is 10.6 Å². The molecule has 0 aliphatic carbocycles. The summed E-state index contributed by atoms with van der Waals surface area (Å²) in [5.41, 5.74) is 0.501. The Kier molecular flexibility index (Phi) is 6.49. The fourth-order valence-corrected chi connectivity index (χ4v) is 1.05. The van der Waals surface area contributed by atoms with E-state index >= 15 is 0 Å². The molecule has 0 amide bonds. The molecule has 96 valence electrons. The molecule has 8 heteroatoms. The maximum Gasteiger partial charge on any atom is 0.425 e. The van der Waals surface area contributed by atoms with Crippen molar-refractivity contribution < 1.29 is 27.6 Å². The normalized spacial score (nSPS) is 8.82. The largest absolute Gasteiger partial charge is 0.506 e. The average Bonchev–Trinajstić information content (AvgIpc) is 2.22. The summed E-state index contributed by atoms with van der Waals surface area (Å²) in [5, 5.41) is 21.7. The lowest BCUT2D eigenvalue weighted by Gasteiger charge is -2.09. The van der Waals surface area contributed by atoms with E-state index in [1.54, 1.807) is 0 Å². The molecule has 0 bridgehead atoms. The lowest BCUT2D eigenvalue weighted by atomic mass is 10.2. The van der Waals surface area contributed by atoms with Gasteiger partial charge in [0.25, 0.3) is 0 Å². The summed E-state index contributed by atoms with van der Waals surface area (Å²) in [6.45, 7) is 2.58. The monoisotopic (exact) mass is 263 g/mol. The first-order valence-electron chi connectivity index (χ1n) is 4.52. The van der Waals surface area contributed by atoms with Gasteiger partial charge in [0.15, 0.2) is 11.5 Å². The summed E-state index contributed by atoms with van der Waals surface area (Å²) < 4.78 is 30.2. The molecule has 0 heterocycles. The molecular formula is C9H13NO6S. The van der Waals surface area contributed by atoms with Gasteiger partial charge in [0.2, 0.25) is 0 Å². The molecular weight excluding hydrogens is 250 g/mol. The second kappa shape index (κ2) is 7.34. The fraction of sp³-hybridized carbons (Fsp3) is 0.333. The van der Waals surface area contributed by atoms with Crippen molar-refractivity contribution >= 4 is 16.3 Å². The second-order valence-electron chi connectivity index (χ2n) is 2.78. The first-order chi connectivity index (χ1) is 7.92. The van der Waals surface area contributed by atoms with Crippen molar-refractivity contribution in [3.05, 3.63) is 12.1 Å². The summed E-state index contributed by atoms with van der Waals surface area (Å²) in [6, 6.07) is 2.80. The van der Waals surface area contributed by atoms with Crippen molar-refractivity contribution in [3.8, 4) is 17.2 Å². The van der Waals surface area contributed by atoms with E-state index in [0.717, 1.165) is 0 Å². The molecule has 1 aromatic rings. The van der Waals surface area contributed by atoms with Crippen molar-refractivity contribution in [3.63, 3.8) is 0 Å². The number of hydrogen-bond acceptors (Lipinski definition) is 7. The Labute approximate surface area is 99.7 Å². The number of nitrogens with one attached hydrogen (secondary N) is 1. The zero-order chi connectivity index (χ0) is 13.4. The van der Waals surface area contributed by atoms with Crippen LogP contribution in [0.15, 0.2) is 12.1 Å². The van der Waals surface area contributed by atoms with Crippen LogP contribution in [0.25, 0.3) is 0 Å². The molecule has 0 spiro atoms. The van der Waals surface area contributed by atoms with Gasteiger partial charge >= 0.3 is 10.6 Å². The van der Waals surface area contributed by atoms with Gasteiger partial charge in [-0.25, -0.2) is 0 Å². The molecule has 0 saturated carbocycles. The topological polar surface area (TPSA) is 113 Å². The second-order valence-corrected chi connectivity index (χ2v) is 3.18. The maximum atomic E-state index is 9.42. The first kappa shape index (κ1) is 15.0. The van der Waals surface area contributed by atoms with Gasteiger partial charge in [0.1, 0.15) is 5.75 Å². The SMILES string of the molecule is CCNc1cc(O)c(OC)cc1O.O=S(=O)=O. The Balaban J connectivity index is 0.000000557. The Morgan fingerprint density at radius 3 is 2.18 bits per heavy atom. The zero-order valence-electron chi connectivity index (χ0n) is 9.30. The molecule has 0 atom stereocenters. The molecule has 1 rings (SSSR count). The van der Waals surface area contributed by atoms with Crippen molar-refractivity contribution in [2.24, 2.45) is 0 Å². The summed E-state index contributed by atoms with van der Waals surface area (Å²) in [4.78, 5) is 0. The Morgan fingerprint density at radius 1 is 1.24 bits per heavy atom. The van der Waals surface area contributed by atoms with E-state index in [1.165, 1.54) is 19.2 Å². The number of methoxy groups -OCH3 is 1. The van der Waals surface area contributed by atoms with Crippen LogP contribution in [0.4, 0.5) is 5.69 Å². The van der Waals surface area contributed by atoms with Crippen molar-refractivity contribution in [1.29, 1.82) is 0 Å². The van der Waals surface area contributed by atoms with Crippen LogP contribution in [-0.4, -0.2) is 36.5 Å². The van der Waals surface area contributed by atoms with E-state index in [-0.39, 0.29) is 17.2 Å². The van der Waals surface area contributed by atoms with Crippen molar-refractivity contribution in [2.45, 2.75) is 6.92 Å². The number of benzene rings is 1. The van der Waals surface area contributed by atoms with Gasteiger partial charge in [-0.15, -0.1) is 12.6 Å². The third-order valence-corrected chi connectivity index (χ3v) is 1.66. The first-order valence-corrected chi connectivity index (χ1v) is 5.52. The smallest absolute Gasteiger partial charge is 0.425 e. The number of phenols is 2. The Hall–Kier alpha value is -1.96. The zero-order valence-corrected chi connectivity index (χ0v) is 10.1. The van der Waals surface area contributed by atoms with E-state index in [9.17, 15) is 10.2 Å². The fourth-order valence-electron chi connectivity index (χ4n) is 1.05.